The first-order valence-electron chi connectivity index (χ1n) is 6.91. The lowest BCUT2D eigenvalue weighted by Crippen LogP contribution is -2.24. The van der Waals surface area contributed by atoms with Gasteiger partial charge in [-0.15, -0.1) is 0 Å². The number of hydroxylamine groups is 1. The highest BCUT2D eigenvalue weighted by Gasteiger charge is 2.29. The van der Waals surface area contributed by atoms with Crippen LogP contribution in [0.25, 0.3) is 11.2 Å². The number of aromatic amines is 1. The Hall–Kier alpha value is -3.14. The van der Waals surface area contributed by atoms with Gasteiger partial charge in [0.05, 0.1) is 12.2 Å². The molecular formula is C15H10F3N3O4. The summed E-state index contributed by atoms with van der Waals surface area (Å²) in [6.07, 6.45) is -4.41. The molecule has 0 unspecified atom stereocenters. The van der Waals surface area contributed by atoms with E-state index in [1.54, 1.807) is 0 Å². The van der Waals surface area contributed by atoms with Crippen LogP contribution in [0.2, 0.25) is 0 Å². The maximum Gasteiger partial charge on any atom is 0.418 e. The van der Waals surface area contributed by atoms with Crippen LogP contribution < -0.4 is 11.2 Å². The van der Waals surface area contributed by atoms with Gasteiger partial charge in [-0.1, -0.05) is 12.1 Å². The molecular weight excluding hydrogens is 343 g/mol. The zero-order valence-electron chi connectivity index (χ0n) is 12.4. The fourth-order valence-electron chi connectivity index (χ4n) is 1.99. The molecule has 0 spiro atoms. The Labute approximate surface area is 137 Å². The van der Waals surface area contributed by atoms with E-state index in [4.69, 9.17) is 9.25 Å². The summed E-state index contributed by atoms with van der Waals surface area (Å²) in [7, 11) is 0. The average molecular weight is 353 g/mol. The lowest BCUT2D eigenvalue weighted by atomic mass is 10.1. The number of oxazole rings is 1. The Bertz CT molecular complexity index is 961. The third-order valence-electron chi connectivity index (χ3n) is 3.20. The van der Waals surface area contributed by atoms with Gasteiger partial charge in [-0.3, -0.25) is 14.6 Å². The average Bonchev–Trinajstić information content (AvgIpc) is 2.93. The molecule has 10 heteroatoms. The standard InChI is InChI=1S/C15H10F3N3O4/c16-15(17,18)9-3-1-8(2-4-9)7-24-21-13(22)10-5-6-11-12(19-10)20-14(23)25-11/h1-6H,7H2,(H,21,22)(H,19,20,23). The SMILES string of the molecule is O=C(NOCc1ccc(C(F)(F)F)cc1)c1ccc2oc(=O)[nH]c2n1. The van der Waals surface area contributed by atoms with Crippen LogP contribution in [-0.4, -0.2) is 15.9 Å². The number of amides is 1. The number of hydrogen-bond acceptors (Lipinski definition) is 5. The second-order valence-corrected chi connectivity index (χ2v) is 4.97. The Morgan fingerprint density at radius 2 is 1.92 bits per heavy atom. The van der Waals surface area contributed by atoms with E-state index < -0.39 is 23.4 Å². The highest BCUT2D eigenvalue weighted by atomic mass is 19.4. The number of fused-ring (bicyclic) bond motifs is 1. The van der Waals surface area contributed by atoms with Crippen LogP contribution in [0.3, 0.4) is 0 Å². The van der Waals surface area contributed by atoms with Gasteiger partial charge in [0, 0.05) is 0 Å². The van der Waals surface area contributed by atoms with Crippen LogP contribution in [-0.2, 0) is 17.6 Å². The summed E-state index contributed by atoms with van der Waals surface area (Å²) < 4.78 is 42.1. The number of nitrogens with one attached hydrogen (secondary N) is 2. The highest BCUT2D eigenvalue weighted by Crippen LogP contribution is 2.29. The van der Waals surface area contributed by atoms with Gasteiger partial charge < -0.3 is 4.42 Å². The van der Waals surface area contributed by atoms with Gasteiger partial charge in [0.15, 0.2) is 11.2 Å². The van der Waals surface area contributed by atoms with Crippen LogP contribution in [0.1, 0.15) is 21.6 Å². The topological polar surface area (TPSA) is 97.2 Å². The van der Waals surface area contributed by atoms with Crippen LogP contribution in [0.15, 0.2) is 45.6 Å². The van der Waals surface area contributed by atoms with E-state index in [0.717, 1.165) is 12.1 Å². The Morgan fingerprint density at radius 3 is 2.60 bits per heavy atom. The quantitative estimate of drug-likeness (QED) is 0.702. The minimum absolute atomic E-state index is 0.0306. The summed E-state index contributed by atoms with van der Waals surface area (Å²) in [4.78, 5) is 34.1. The molecule has 0 aliphatic carbocycles. The van der Waals surface area contributed by atoms with Crippen LogP contribution >= 0.6 is 0 Å². The molecule has 7 nitrogen and oxygen atoms in total. The van der Waals surface area contributed by atoms with Crippen molar-refractivity contribution in [1.29, 1.82) is 0 Å². The van der Waals surface area contributed by atoms with Crippen molar-refractivity contribution in [1.82, 2.24) is 15.4 Å². The molecule has 0 saturated carbocycles. The first kappa shape index (κ1) is 16.7. The van der Waals surface area contributed by atoms with Crippen molar-refractivity contribution in [2.75, 3.05) is 0 Å². The van der Waals surface area contributed by atoms with Gasteiger partial charge in [-0.2, -0.15) is 13.2 Å². The fraction of sp³-hybridized carbons (Fsp3) is 0.133. The Morgan fingerprint density at radius 1 is 1.20 bits per heavy atom. The summed E-state index contributed by atoms with van der Waals surface area (Å²) in [5, 5.41) is 0. The van der Waals surface area contributed by atoms with E-state index in [0.29, 0.717) is 5.56 Å². The zero-order valence-corrected chi connectivity index (χ0v) is 12.4. The molecule has 2 aromatic heterocycles. The highest BCUT2D eigenvalue weighted by molar-refractivity contribution is 5.93. The van der Waals surface area contributed by atoms with Gasteiger partial charge in [0.25, 0.3) is 5.91 Å². The van der Waals surface area contributed by atoms with E-state index >= 15 is 0 Å². The number of pyridine rings is 1. The number of rotatable bonds is 4. The number of benzene rings is 1. The molecule has 0 aliphatic heterocycles. The number of aromatic nitrogens is 2. The van der Waals surface area contributed by atoms with Crippen molar-refractivity contribution < 1.29 is 27.2 Å². The van der Waals surface area contributed by atoms with Gasteiger partial charge >= 0.3 is 11.9 Å². The molecule has 2 N–H and O–H groups in total. The first-order valence-corrected chi connectivity index (χ1v) is 6.91. The summed E-state index contributed by atoms with van der Waals surface area (Å²) in [6, 6.07) is 7.06. The van der Waals surface area contributed by atoms with E-state index in [1.165, 1.54) is 24.3 Å². The zero-order chi connectivity index (χ0) is 18.0. The van der Waals surface area contributed by atoms with Crippen molar-refractivity contribution in [3.63, 3.8) is 0 Å². The lowest BCUT2D eigenvalue weighted by Gasteiger charge is -2.08. The predicted molar refractivity (Wildman–Crippen MR) is 78.3 cm³/mol. The summed E-state index contributed by atoms with van der Waals surface area (Å²) in [5.41, 5.74) is 2.07. The largest absolute Gasteiger partial charge is 0.418 e. The molecule has 3 aromatic rings. The van der Waals surface area contributed by atoms with Crippen molar-refractivity contribution in [3.8, 4) is 0 Å². The lowest BCUT2D eigenvalue weighted by molar-refractivity contribution is -0.137. The maximum absolute atomic E-state index is 12.5. The molecule has 0 aliphatic rings. The first-order chi connectivity index (χ1) is 11.8. The summed E-state index contributed by atoms with van der Waals surface area (Å²) in [6.45, 7) is -0.130. The molecule has 25 heavy (non-hydrogen) atoms. The third kappa shape index (κ3) is 3.86. The Kier molecular flexibility index (Phi) is 4.28. The number of carbonyl (C=O) groups is 1. The van der Waals surface area contributed by atoms with Gasteiger partial charge in [-0.25, -0.2) is 15.3 Å². The molecule has 0 bridgehead atoms. The summed E-state index contributed by atoms with van der Waals surface area (Å²) in [5.74, 6) is -1.38. The molecule has 130 valence electrons. The normalized spacial score (nSPS) is 11.6. The molecule has 0 saturated heterocycles. The second kappa shape index (κ2) is 6.40. The van der Waals surface area contributed by atoms with Crippen molar-refractivity contribution in [3.05, 3.63) is 63.8 Å². The third-order valence-corrected chi connectivity index (χ3v) is 3.20. The summed E-state index contributed by atoms with van der Waals surface area (Å²) >= 11 is 0. The van der Waals surface area contributed by atoms with Crippen LogP contribution in [0, 0.1) is 0 Å². The minimum atomic E-state index is -4.41. The van der Waals surface area contributed by atoms with E-state index in [9.17, 15) is 22.8 Å². The van der Waals surface area contributed by atoms with Gasteiger partial charge in [0.2, 0.25) is 0 Å². The molecule has 3 rings (SSSR count). The number of H-pyrrole nitrogens is 1. The predicted octanol–water partition coefficient (Wildman–Crippen LogP) is 2.40. The number of halogens is 3. The van der Waals surface area contributed by atoms with Gasteiger partial charge in [-0.05, 0) is 29.8 Å². The van der Waals surface area contributed by atoms with Crippen LogP contribution in [0.5, 0.6) is 0 Å². The fourth-order valence-corrected chi connectivity index (χ4v) is 1.99. The number of carbonyl (C=O) groups excluding carboxylic acids is 1. The molecule has 0 fully saturated rings. The minimum Gasteiger partial charge on any atom is -0.406 e. The van der Waals surface area contributed by atoms with Crippen molar-refractivity contribution >= 4 is 17.1 Å². The van der Waals surface area contributed by atoms with Gasteiger partial charge in [0.1, 0.15) is 5.69 Å². The molecule has 0 radical (unpaired) electrons. The van der Waals surface area contributed by atoms with Crippen molar-refractivity contribution in [2.45, 2.75) is 12.8 Å². The maximum atomic E-state index is 12.5. The number of nitrogens with zero attached hydrogens (tertiary/aromatic N) is 1. The molecule has 1 amide bonds. The Balaban J connectivity index is 1.59. The molecule has 0 atom stereocenters. The monoisotopic (exact) mass is 353 g/mol. The van der Waals surface area contributed by atoms with E-state index in [2.05, 4.69) is 15.4 Å². The molecule has 1 aromatic carbocycles. The molecule has 2 heterocycles. The smallest absolute Gasteiger partial charge is 0.406 e. The van der Waals surface area contributed by atoms with E-state index in [1.807, 2.05) is 0 Å². The van der Waals surface area contributed by atoms with E-state index in [-0.39, 0.29) is 23.5 Å². The second-order valence-electron chi connectivity index (χ2n) is 4.97. The number of hydrogen-bond donors (Lipinski definition) is 2. The van der Waals surface area contributed by atoms with Crippen LogP contribution in [0.4, 0.5) is 13.2 Å². The van der Waals surface area contributed by atoms with Crippen molar-refractivity contribution in [2.24, 2.45) is 0 Å². The number of alkyl halides is 3.